The number of benzene rings is 1. The summed E-state index contributed by atoms with van der Waals surface area (Å²) >= 11 is 0. The topological polar surface area (TPSA) is 47.0 Å². The van der Waals surface area contributed by atoms with Gasteiger partial charge in [0.1, 0.15) is 5.75 Å². The molecule has 0 saturated carbocycles. The normalized spacial score (nSPS) is 18.7. The molecule has 116 valence electrons. The van der Waals surface area contributed by atoms with Gasteiger partial charge in [-0.1, -0.05) is 12.1 Å². The standard InChI is InChI=1S/C18H23N3O/c1-22-18-7-3-2-6-16(18)17-13-20-15(12-21-17)11-14-5-4-9-19-10-8-14/h2-3,6-7,12-14,19H,4-5,8-11H2,1H3. The summed E-state index contributed by atoms with van der Waals surface area (Å²) in [5, 5.41) is 3.46. The molecule has 1 aliphatic heterocycles. The van der Waals surface area contributed by atoms with E-state index in [2.05, 4.69) is 15.3 Å². The van der Waals surface area contributed by atoms with Crippen molar-refractivity contribution in [3.63, 3.8) is 0 Å². The molecule has 1 atom stereocenters. The van der Waals surface area contributed by atoms with Crippen molar-refractivity contribution in [2.75, 3.05) is 20.2 Å². The van der Waals surface area contributed by atoms with Crippen LogP contribution in [0.1, 0.15) is 25.0 Å². The summed E-state index contributed by atoms with van der Waals surface area (Å²) in [6.45, 7) is 2.27. The Morgan fingerprint density at radius 3 is 2.86 bits per heavy atom. The van der Waals surface area contributed by atoms with Crippen molar-refractivity contribution in [2.24, 2.45) is 5.92 Å². The molecule has 1 aliphatic rings. The van der Waals surface area contributed by atoms with Crippen LogP contribution in [0, 0.1) is 5.92 Å². The summed E-state index contributed by atoms with van der Waals surface area (Å²) in [6, 6.07) is 7.92. The summed E-state index contributed by atoms with van der Waals surface area (Å²) in [5.41, 5.74) is 2.94. The van der Waals surface area contributed by atoms with Gasteiger partial charge < -0.3 is 10.1 Å². The molecule has 4 heteroatoms. The maximum absolute atomic E-state index is 5.39. The zero-order valence-electron chi connectivity index (χ0n) is 13.1. The van der Waals surface area contributed by atoms with E-state index in [4.69, 9.17) is 4.74 Å². The van der Waals surface area contributed by atoms with Crippen LogP contribution in [0.3, 0.4) is 0 Å². The zero-order valence-corrected chi connectivity index (χ0v) is 13.1. The number of hydrogen-bond donors (Lipinski definition) is 1. The predicted molar refractivity (Wildman–Crippen MR) is 87.9 cm³/mol. The second-order valence-corrected chi connectivity index (χ2v) is 5.84. The van der Waals surface area contributed by atoms with Crippen LogP contribution in [0.15, 0.2) is 36.7 Å². The number of nitrogens with zero attached hydrogens (tertiary/aromatic N) is 2. The maximum atomic E-state index is 5.39. The predicted octanol–water partition coefficient (Wildman–Crippen LogP) is 3.08. The number of aromatic nitrogens is 2. The summed E-state index contributed by atoms with van der Waals surface area (Å²) in [5.74, 6) is 1.56. The Hall–Kier alpha value is -1.94. The van der Waals surface area contributed by atoms with Gasteiger partial charge in [-0.2, -0.15) is 0 Å². The van der Waals surface area contributed by atoms with E-state index in [1.165, 1.54) is 19.3 Å². The van der Waals surface area contributed by atoms with Crippen LogP contribution in [0.4, 0.5) is 0 Å². The number of rotatable bonds is 4. The third kappa shape index (κ3) is 3.63. The summed E-state index contributed by atoms with van der Waals surface area (Å²) in [7, 11) is 1.68. The Bertz CT molecular complexity index is 590. The van der Waals surface area contributed by atoms with Gasteiger partial charge in [0.05, 0.1) is 24.7 Å². The van der Waals surface area contributed by atoms with Crippen molar-refractivity contribution in [3.8, 4) is 17.0 Å². The minimum atomic E-state index is 0.724. The van der Waals surface area contributed by atoms with Gasteiger partial charge in [-0.05, 0) is 56.8 Å². The first-order valence-corrected chi connectivity index (χ1v) is 8.02. The van der Waals surface area contributed by atoms with E-state index in [1.54, 1.807) is 7.11 Å². The highest BCUT2D eigenvalue weighted by molar-refractivity contribution is 5.66. The molecule has 1 N–H and O–H groups in total. The van der Waals surface area contributed by atoms with Gasteiger partial charge in [-0.15, -0.1) is 0 Å². The van der Waals surface area contributed by atoms with Crippen molar-refractivity contribution in [2.45, 2.75) is 25.7 Å². The molecule has 4 nitrogen and oxygen atoms in total. The lowest BCUT2D eigenvalue weighted by Gasteiger charge is -2.13. The molecular formula is C18H23N3O. The third-order valence-electron chi connectivity index (χ3n) is 4.28. The quantitative estimate of drug-likeness (QED) is 0.942. The highest BCUT2D eigenvalue weighted by atomic mass is 16.5. The fourth-order valence-electron chi connectivity index (χ4n) is 3.05. The van der Waals surface area contributed by atoms with Gasteiger partial charge in [0.15, 0.2) is 0 Å². The maximum Gasteiger partial charge on any atom is 0.128 e. The molecule has 1 saturated heterocycles. The zero-order chi connectivity index (χ0) is 15.2. The van der Waals surface area contributed by atoms with Gasteiger partial charge in [0.2, 0.25) is 0 Å². The van der Waals surface area contributed by atoms with Crippen LogP contribution in [0.5, 0.6) is 5.75 Å². The van der Waals surface area contributed by atoms with E-state index in [9.17, 15) is 0 Å². The van der Waals surface area contributed by atoms with E-state index < -0.39 is 0 Å². The molecule has 0 radical (unpaired) electrons. The highest BCUT2D eigenvalue weighted by Crippen LogP contribution is 2.27. The number of para-hydroxylation sites is 1. The first-order chi connectivity index (χ1) is 10.9. The van der Waals surface area contributed by atoms with Crippen LogP contribution in [0.2, 0.25) is 0 Å². The Kier molecular flexibility index (Phi) is 5.01. The first kappa shape index (κ1) is 15.0. The number of methoxy groups -OCH3 is 1. The molecular weight excluding hydrogens is 274 g/mol. The molecule has 0 amide bonds. The van der Waals surface area contributed by atoms with Crippen LogP contribution >= 0.6 is 0 Å². The van der Waals surface area contributed by atoms with Crippen molar-refractivity contribution in [1.82, 2.24) is 15.3 Å². The van der Waals surface area contributed by atoms with E-state index in [-0.39, 0.29) is 0 Å². The fourth-order valence-corrected chi connectivity index (χ4v) is 3.05. The lowest BCUT2D eigenvalue weighted by molar-refractivity contribution is 0.416. The van der Waals surface area contributed by atoms with E-state index in [1.807, 2.05) is 36.7 Å². The second kappa shape index (κ2) is 7.36. The van der Waals surface area contributed by atoms with Gasteiger partial charge >= 0.3 is 0 Å². The molecule has 1 unspecified atom stereocenters. The van der Waals surface area contributed by atoms with Gasteiger partial charge in [0, 0.05) is 11.8 Å². The molecule has 1 aromatic heterocycles. The molecule has 0 bridgehead atoms. The molecule has 2 heterocycles. The molecule has 0 aliphatic carbocycles. The lowest BCUT2D eigenvalue weighted by Crippen LogP contribution is -2.14. The summed E-state index contributed by atoms with van der Waals surface area (Å²) < 4.78 is 5.39. The summed E-state index contributed by atoms with van der Waals surface area (Å²) in [6.07, 6.45) is 8.58. The van der Waals surface area contributed by atoms with Crippen LogP contribution < -0.4 is 10.1 Å². The third-order valence-corrected chi connectivity index (χ3v) is 4.28. The minimum absolute atomic E-state index is 0.724. The first-order valence-electron chi connectivity index (χ1n) is 8.02. The van der Waals surface area contributed by atoms with Gasteiger partial charge in [-0.25, -0.2) is 0 Å². The van der Waals surface area contributed by atoms with Crippen molar-refractivity contribution in [3.05, 3.63) is 42.4 Å². The Labute approximate surface area is 132 Å². The number of hydrogen-bond acceptors (Lipinski definition) is 4. The summed E-state index contributed by atoms with van der Waals surface area (Å²) in [4.78, 5) is 9.21. The minimum Gasteiger partial charge on any atom is -0.496 e. The fraction of sp³-hybridized carbons (Fsp3) is 0.444. The Morgan fingerprint density at radius 2 is 2.05 bits per heavy atom. The largest absolute Gasteiger partial charge is 0.496 e. The number of ether oxygens (including phenoxy) is 1. The molecule has 3 rings (SSSR count). The van der Waals surface area contributed by atoms with E-state index in [0.717, 1.165) is 48.1 Å². The van der Waals surface area contributed by atoms with Crippen LogP contribution in [-0.4, -0.2) is 30.2 Å². The number of nitrogens with one attached hydrogen (secondary N) is 1. The second-order valence-electron chi connectivity index (χ2n) is 5.84. The SMILES string of the molecule is COc1ccccc1-c1cnc(CC2CCCNCC2)cn1. The molecule has 22 heavy (non-hydrogen) atoms. The smallest absolute Gasteiger partial charge is 0.128 e. The monoisotopic (exact) mass is 297 g/mol. The highest BCUT2D eigenvalue weighted by Gasteiger charge is 2.14. The van der Waals surface area contributed by atoms with Gasteiger partial charge in [-0.3, -0.25) is 9.97 Å². The Balaban J connectivity index is 1.72. The average Bonchev–Trinajstić information content (AvgIpc) is 2.84. The van der Waals surface area contributed by atoms with Crippen molar-refractivity contribution < 1.29 is 4.74 Å². The Morgan fingerprint density at radius 1 is 1.14 bits per heavy atom. The lowest BCUT2D eigenvalue weighted by atomic mass is 9.95. The van der Waals surface area contributed by atoms with Gasteiger partial charge in [0.25, 0.3) is 0 Å². The van der Waals surface area contributed by atoms with Crippen LogP contribution in [0.25, 0.3) is 11.3 Å². The average molecular weight is 297 g/mol. The van der Waals surface area contributed by atoms with Crippen LogP contribution in [-0.2, 0) is 6.42 Å². The van der Waals surface area contributed by atoms with Crippen molar-refractivity contribution >= 4 is 0 Å². The van der Waals surface area contributed by atoms with E-state index in [0.29, 0.717) is 0 Å². The molecule has 1 fully saturated rings. The van der Waals surface area contributed by atoms with Crippen molar-refractivity contribution in [1.29, 1.82) is 0 Å². The molecule has 0 spiro atoms. The van der Waals surface area contributed by atoms with E-state index >= 15 is 0 Å². The molecule has 1 aromatic carbocycles. The molecule has 2 aromatic rings.